The summed E-state index contributed by atoms with van der Waals surface area (Å²) in [7, 11) is 2.80. The quantitative estimate of drug-likeness (QED) is 0.871. The molecule has 0 bridgehead atoms. The predicted octanol–water partition coefficient (Wildman–Crippen LogP) is 2.13. The summed E-state index contributed by atoms with van der Waals surface area (Å²) in [5.41, 5.74) is 0.940. The number of pyridine rings is 1. The monoisotopic (exact) mass is 286 g/mol. The van der Waals surface area contributed by atoms with E-state index in [0.29, 0.717) is 11.3 Å². The number of nitrogens with zero attached hydrogens (tertiary/aromatic N) is 1. The van der Waals surface area contributed by atoms with E-state index in [2.05, 4.69) is 15.0 Å². The van der Waals surface area contributed by atoms with Crippen LogP contribution in [0.15, 0.2) is 42.7 Å². The zero-order valence-corrected chi connectivity index (χ0v) is 11.6. The molecular formula is C15H14N2O4. The number of carbonyl (C=O) groups is 2. The van der Waals surface area contributed by atoms with Gasteiger partial charge in [-0.2, -0.15) is 0 Å². The second kappa shape index (κ2) is 6.51. The molecular weight excluding hydrogens is 272 g/mol. The van der Waals surface area contributed by atoms with E-state index in [1.54, 1.807) is 24.3 Å². The van der Waals surface area contributed by atoms with E-state index < -0.39 is 5.97 Å². The normalized spacial score (nSPS) is 9.81. The third-order valence-electron chi connectivity index (χ3n) is 2.81. The Bertz CT molecular complexity index is 670. The Labute approximate surface area is 121 Å². The van der Waals surface area contributed by atoms with Gasteiger partial charge in [0.1, 0.15) is 5.75 Å². The predicted molar refractivity (Wildman–Crippen MR) is 76.5 cm³/mol. The average molecular weight is 286 g/mol. The minimum Gasteiger partial charge on any atom is -0.497 e. The lowest BCUT2D eigenvalue weighted by molar-refractivity contribution is 0.0602. The first kappa shape index (κ1) is 14.5. The zero-order valence-electron chi connectivity index (χ0n) is 11.6. The Kier molecular flexibility index (Phi) is 4.50. The van der Waals surface area contributed by atoms with Gasteiger partial charge < -0.3 is 14.8 Å². The molecule has 2 aromatic rings. The molecule has 108 valence electrons. The maximum Gasteiger partial charge on any atom is 0.340 e. The molecule has 0 fully saturated rings. The SMILES string of the molecule is COC(=O)c1ccncc1NC(=O)c1cccc(OC)c1. The summed E-state index contributed by atoms with van der Waals surface area (Å²) < 4.78 is 9.73. The van der Waals surface area contributed by atoms with Gasteiger partial charge in [0.05, 0.1) is 31.7 Å². The van der Waals surface area contributed by atoms with Crippen LogP contribution in [0, 0.1) is 0 Å². The molecule has 1 N–H and O–H groups in total. The maximum atomic E-state index is 12.2. The molecule has 0 unspecified atom stereocenters. The third kappa shape index (κ3) is 3.36. The van der Waals surface area contributed by atoms with E-state index in [1.165, 1.54) is 32.7 Å². The topological polar surface area (TPSA) is 77.5 Å². The van der Waals surface area contributed by atoms with Crippen molar-refractivity contribution in [2.45, 2.75) is 0 Å². The molecule has 1 heterocycles. The maximum absolute atomic E-state index is 12.2. The van der Waals surface area contributed by atoms with Crippen molar-refractivity contribution in [3.8, 4) is 5.75 Å². The van der Waals surface area contributed by atoms with Crippen molar-refractivity contribution in [3.63, 3.8) is 0 Å². The second-order valence-electron chi connectivity index (χ2n) is 4.10. The summed E-state index contributed by atoms with van der Waals surface area (Å²) in [6.45, 7) is 0. The third-order valence-corrected chi connectivity index (χ3v) is 2.81. The Balaban J connectivity index is 2.25. The van der Waals surface area contributed by atoms with Crippen LogP contribution in [0.4, 0.5) is 5.69 Å². The second-order valence-corrected chi connectivity index (χ2v) is 4.10. The van der Waals surface area contributed by atoms with E-state index >= 15 is 0 Å². The van der Waals surface area contributed by atoms with Gasteiger partial charge in [-0.25, -0.2) is 4.79 Å². The van der Waals surface area contributed by atoms with Gasteiger partial charge in [0.25, 0.3) is 5.91 Å². The average Bonchev–Trinajstić information content (AvgIpc) is 2.54. The highest BCUT2D eigenvalue weighted by molar-refractivity contribution is 6.07. The summed E-state index contributed by atoms with van der Waals surface area (Å²) in [6.07, 6.45) is 2.85. The number of hydrogen-bond acceptors (Lipinski definition) is 5. The number of rotatable bonds is 4. The van der Waals surface area contributed by atoms with Crippen molar-refractivity contribution in [2.24, 2.45) is 0 Å². The van der Waals surface area contributed by atoms with Crippen LogP contribution < -0.4 is 10.1 Å². The van der Waals surface area contributed by atoms with Crippen LogP contribution in [0.2, 0.25) is 0 Å². The van der Waals surface area contributed by atoms with Gasteiger partial charge >= 0.3 is 5.97 Å². The highest BCUT2D eigenvalue weighted by Gasteiger charge is 2.15. The molecule has 0 aliphatic heterocycles. The highest BCUT2D eigenvalue weighted by Crippen LogP contribution is 2.17. The summed E-state index contributed by atoms with van der Waals surface area (Å²) in [5, 5.41) is 2.64. The number of carbonyl (C=O) groups excluding carboxylic acids is 2. The fraction of sp³-hybridized carbons (Fsp3) is 0.133. The van der Waals surface area contributed by atoms with Gasteiger partial charge in [0.15, 0.2) is 0 Å². The van der Waals surface area contributed by atoms with Crippen molar-refractivity contribution in [3.05, 3.63) is 53.9 Å². The molecule has 0 spiro atoms. The fourth-order valence-corrected chi connectivity index (χ4v) is 1.74. The minimum atomic E-state index is -0.543. The van der Waals surface area contributed by atoms with Crippen LogP contribution >= 0.6 is 0 Å². The largest absolute Gasteiger partial charge is 0.497 e. The van der Waals surface area contributed by atoms with Crippen molar-refractivity contribution in [1.29, 1.82) is 0 Å². The van der Waals surface area contributed by atoms with Crippen LogP contribution in [0.3, 0.4) is 0 Å². The van der Waals surface area contributed by atoms with Gasteiger partial charge in [-0.05, 0) is 24.3 Å². The highest BCUT2D eigenvalue weighted by atomic mass is 16.5. The molecule has 1 aromatic heterocycles. The van der Waals surface area contributed by atoms with Crippen LogP contribution in [-0.2, 0) is 4.74 Å². The van der Waals surface area contributed by atoms with E-state index in [9.17, 15) is 9.59 Å². The fourth-order valence-electron chi connectivity index (χ4n) is 1.74. The summed E-state index contributed by atoms with van der Waals surface area (Å²) in [4.78, 5) is 27.7. The molecule has 6 heteroatoms. The van der Waals surface area contributed by atoms with Crippen molar-refractivity contribution in [2.75, 3.05) is 19.5 Å². The Morgan fingerprint density at radius 3 is 2.71 bits per heavy atom. The molecule has 0 atom stereocenters. The lowest BCUT2D eigenvalue weighted by Gasteiger charge is -2.09. The number of amides is 1. The lowest BCUT2D eigenvalue weighted by Crippen LogP contribution is -2.15. The first-order valence-corrected chi connectivity index (χ1v) is 6.13. The van der Waals surface area contributed by atoms with E-state index in [4.69, 9.17) is 4.74 Å². The number of aromatic nitrogens is 1. The van der Waals surface area contributed by atoms with Crippen LogP contribution in [0.1, 0.15) is 20.7 Å². The lowest BCUT2D eigenvalue weighted by atomic mass is 10.1. The molecule has 0 aliphatic carbocycles. The number of methoxy groups -OCH3 is 2. The van der Waals surface area contributed by atoms with Crippen LogP contribution in [0.5, 0.6) is 5.75 Å². The van der Waals surface area contributed by atoms with E-state index in [1.807, 2.05) is 0 Å². The number of nitrogens with one attached hydrogen (secondary N) is 1. The Morgan fingerprint density at radius 1 is 1.19 bits per heavy atom. The van der Waals surface area contributed by atoms with Crippen LogP contribution in [0.25, 0.3) is 0 Å². The summed E-state index contributed by atoms with van der Waals surface area (Å²) >= 11 is 0. The van der Waals surface area contributed by atoms with Gasteiger partial charge in [-0.1, -0.05) is 6.07 Å². The number of anilines is 1. The number of esters is 1. The molecule has 0 aliphatic rings. The molecule has 21 heavy (non-hydrogen) atoms. The Hall–Kier alpha value is -2.89. The van der Waals surface area contributed by atoms with E-state index in [0.717, 1.165) is 0 Å². The molecule has 1 aromatic carbocycles. The van der Waals surface area contributed by atoms with Crippen molar-refractivity contribution < 1.29 is 19.1 Å². The van der Waals surface area contributed by atoms with Crippen molar-refractivity contribution in [1.82, 2.24) is 4.98 Å². The minimum absolute atomic E-state index is 0.240. The van der Waals surface area contributed by atoms with Crippen LogP contribution in [-0.4, -0.2) is 31.1 Å². The zero-order chi connectivity index (χ0) is 15.2. The summed E-state index contributed by atoms with van der Waals surface area (Å²) in [5.74, 6) is -0.340. The van der Waals surface area contributed by atoms with Gasteiger partial charge in [-0.15, -0.1) is 0 Å². The number of benzene rings is 1. The van der Waals surface area contributed by atoms with Gasteiger partial charge in [-0.3, -0.25) is 9.78 Å². The molecule has 1 amide bonds. The smallest absolute Gasteiger partial charge is 0.340 e. The standard InChI is InChI=1S/C15H14N2O4/c1-20-11-5-3-4-10(8-11)14(18)17-13-9-16-7-6-12(13)15(19)21-2/h3-9H,1-2H3,(H,17,18). The Morgan fingerprint density at radius 2 is 2.00 bits per heavy atom. The molecule has 0 saturated carbocycles. The molecule has 6 nitrogen and oxygen atoms in total. The van der Waals surface area contributed by atoms with E-state index in [-0.39, 0.29) is 17.2 Å². The van der Waals surface area contributed by atoms with Gasteiger partial charge in [0, 0.05) is 11.8 Å². The first-order chi connectivity index (χ1) is 10.2. The number of ether oxygens (including phenoxy) is 2. The first-order valence-electron chi connectivity index (χ1n) is 6.13. The summed E-state index contributed by atoms with van der Waals surface area (Å²) in [6, 6.07) is 8.17. The molecule has 0 saturated heterocycles. The van der Waals surface area contributed by atoms with Gasteiger partial charge in [0.2, 0.25) is 0 Å². The molecule has 0 radical (unpaired) electrons. The number of hydrogen-bond donors (Lipinski definition) is 1. The van der Waals surface area contributed by atoms with Crippen molar-refractivity contribution >= 4 is 17.6 Å². The molecule has 2 rings (SSSR count).